The molecule has 0 bridgehead atoms. The molecule has 0 fully saturated rings. The second kappa shape index (κ2) is 6.97. The number of halogens is 1. The minimum atomic E-state index is 0.0833. The van der Waals surface area contributed by atoms with Gasteiger partial charge in [0.15, 0.2) is 0 Å². The van der Waals surface area contributed by atoms with E-state index in [1.807, 2.05) is 24.3 Å². The molecule has 1 amide bonds. The number of hydrogen-bond acceptors (Lipinski definition) is 1. The minimum Gasteiger partial charge on any atom is -0.355 e. The number of hydrogen-bond donors (Lipinski definition) is 1. The molecule has 2 nitrogen and oxygen atoms in total. The summed E-state index contributed by atoms with van der Waals surface area (Å²) in [6, 6.07) is 14.2. The SMILES string of the molecule is O=C(Cc1ccc2c(c1)CCC2)NCCc1cccc(Cl)c1. The number of aryl methyl sites for hydroxylation is 2. The van der Waals surface area contributed by atoms with E-state index in [4.69, 9.17) is 11.6 Å². The van der Waals surface area contributed by atoms with Crippen molar-refractivity contribution in [3.05, 3.63) is 69.7 Å². The maximum atomic E-state index is 12.0. The lowest BCUT2D eigenvalue weighted by molar-refractivity contribution is -0.120. The Morgan fingerprint density at radius 3 is 2.77 bits per heavy atom. The van der Waals surface area contributed by atoms with E-state index in [0.717, 1.165) is 29.0 Å². The highest BCUT2D eigenvalue weighted by Gasteiger charge is 2.12. The summed E-state index contributed by atoms with van der Waals surface area (Å²) in [6.45, 7) is 0.643. The van der Waals surface area contributed by atoms with Crippen LogP contribution in [-0.4, -0.2) is 12.5 Å². The average Bonchev–Trinajstić information content (AvgIpc) is 2.95. The molecule has 22 heavy (non-hydrogen) atoms. The number of amides is 1. The standard InChI is InChI=1S/C19H20ClNO/c20-18-6-1-3-14(12-18)9-10-21-19(22)13-15-7-8-16-4-2-5-17(16)11-15/h1,3,6-8,11-12H,2,4-5,9-10,13H2,(H,21,22). The molecule has 0 atom stereocenters. The fourth-order valence-corrected chi connectivity index (χ4v) is 3.23. The largest absolute Gasteiger partial charge is 0.355 e. The molecule has 114 valence electrons. The van der Waals surface area contributed by atoms with Gasteiger partial charge in [0.25, 0.3) is 0 Å². The van der Waals surface area contributed by atoms with Gasteiger partial charge in [0.05, 0.1) is 6.42 Å². The molecule has 0 aromatic heterocycles. The van der Waals surface area contributed by atoms with E-state index in [1.54, 1.807) is 0 Å². The molecule has 0 saturated carbocycles. The summed E-state index contributed by atoms with van der Waals surface area (Å²) >= 11 is 5.95. The van der Waals surface area contributed by atoms with Crippen LogP contribution in [0.1, 0.15) is 28.7 Å². The van der Waals surface area contributed by atoms with Crippen molar-refractivity contribution in [1.82, 2.24) is 5.32 Å². The topological polar surface area (TPSA) is 29.1 Å². The average molecular weight is 314 g/mol. The third-order valence-electron chi connectivity index (χ3n) is 4.15. The lowest BCUT2D eigenvalue weighted by Crippen LogP contribution is -2.27. The fourth-order valence-electron chi connectivity index (χ4n) is 3.02. The summed E-state index contributed by atoms with van der Waals surface area (Å²) in [5.41, 5.74) is 5.13. The Kier molecular flexibility index (Phi) is 4.79. The summed E-state index contributed by atoms with van der Waals surface area (Å²) in [5, 5.41) is 3.72. The van der Waals surface area contributed by atoms with E-state index in [-0.39, 0.29) is 5.91 Å². The van der Waals surface area contributed by atoms with Gasteiger partial charge in [0, 0.05) is 11.6 Å². The van der Waals surface area contributed by atoms with Gasteiger partial charge in [-0.1, -0.05) is 41.9 Å². The molecule has 2 aromatic rings. The zero-order valence-electron chi connectivity index (χ0n) is 12.6. The zero-order valence-corrected chi connectivity index (χ0v) is 13.3. The Bertz CT molecular complexity index is 681. The number of fused-ring (bicyclic) bond motifs is 1. The van der Waals surface area contributed by atoms with Crippen molar-refractivity contribution in [2.45, 2.75) is 32.1 Å². The lowest BCUT2D eigenvalue weighted by atomic mass is 10.0. The molecule has 0 heterocycles. The van der Waals surface area contributed by atoms with Gasteiger partial charge in [-0.2, -0.15) is 0 Å². The first-order valence-corrected chi connectivity index (χ1v) is 8.20. The zero-order chi connectivity index (χ0) is 15.4. The van der Waals surface area contributed by atoms with Crippen LogP contribution in [0.25, 0.3) is 0 Å². The number of benzene rings is 2. The van der Waals surface area contributed by atoms with Crippen LogP contribution in [0.2, 0.25) is 5.02 Å². The van der Waals surface area contributed by atoms with Crippen LogP contribution in [0.4, 0.5) is 0 Å². The first-order chi connectivity index (χ1) is 10.7. The van der Waals surface area contributed by atoms with E-state index >= 15 is 0 Å². The van der Waals surface area contributed by atoms with E-state index in [1.165, 1.54) is 24.0 Å². The van der Waals surface area contributed by atoms with Gasteiger partial charge < -0.3 is 5.32 Å². The molecule has 0 radical (unpaired) electrons. The first-order valence-electron chi connectivity index (χ1n) is 7.82. The minimum absolute atomic E-state index is 0.0833. The van der Waals surface area contributed by atoms with Crippen LogP contribution >= 0.6 is 11.6 Å². The molecular weight excluding hydrogens is 294 g/mol. The van der Waals surface area contributed by atoms with Gasteiger partial charge in [0.1, 0.15) is 0 Å². The van der Waals surface area contributed by atoms with E-state index < -0.39 is 0 Å². The predicted octanol–water partition coefficient (Wildman–Crippen LogP) is 3.73. The second-order valence-corrected chi connectivity index (χ2v) is 6.30. The summed E-state index contributed by atoms with van der Waals surface area (Å²) in [6.07, 6.45) is 4.84. The van der Waals surface area contributed by atoms with Crippen LogP contribution in [0.5, 0.6) is 0 Å². The number of carbonyl (C=O) groups is 1. The van der Waals surface area contributed by atoms with Crippen molar-refractivity contribution in [3.8, 4) is 0 Å². The van der Waals surface area contributed by atoms with Crippen molar-refractivity contribution in [1.29, 1.82) is 0 Å². The van der Waals surface area contributed by atoms with E-state index in [0.29, 0.717) is 13.0 Å². The van der Waals surface area contributed by atoms with E-state index in [2.05, 4.69) is 23.5 Å². The maximum Gasteiger partial charge on any atom is 0.224 e. The molecule has 0 unspecified atom stereocenters. The fraction of sp³-hybridized carbons (Fsp3) is 0.316. The van der Waals surface area contributed by atoms with Gasteiger partial charge in [-0.05, 0) is 60.1 Å². The Labute approximate surface area is 136 Å². The van der Waals surface area contributed by atoms with Gasteiger partial charge in [0.2, 0.25) is 5.91 Å². The van der Waals surface area contributed by atoms with Gasteiger partial charge in [-0.25, -0.2) is 0 Å². The number of rotatable bonds is 5. The summed E-state index contributed by atoms with van der Waals surface area (Å²) in [7, 11) is 0. The van der Waals surface area contributed by atoms with Crippen LogP contribution < -0.4 is 5.32 Å². The van der Waals surface area contributed by atoms with Crippen molar-refractivity contribution in [2.75, 3.05) is 6.54 Å². The molecule has 0 spiro atoms. The maximum absolute atomic E-state index is 12.0. The Balaban J connectivity index is 1.48. The normalized spacial score (nSPS) is 13.0. The quantitative estimate of drug-likeness (QED) is 0.895. The molecule has 0 aliphatic heterocycles. The summed E-state index contributed by atoms with van der Waals surface area (Å²) < 4.78 is 0. The molecular formula is C19H20ClNO. The molecule has 1 aliphatic carbocycles. The summed E-state index contributed by atoms with van der Waals surface area (Å²) in [4.78, 5) is 12.0. The van der Waals surface area contributed by atoms with E-state index in [9.17, 15) is 4.79 Å². The molecule has 0 saturated heterocycles. The third-order valence-corrected chi connectivity index (χ3v) is 4.39. The smallest absolute Gasteiger partial charge is 0.224 e. The van der Waals surface area contributed by atoms with Crippen molar-refractivity contribution in [2.24, 2.45) is 0 Å². The summed E-state index contributed by atoms with van der Waals surface area (Å²) in [5.74, 6) is 0.0833. The highest BCUT2D eigenvalue weighted by atomic mass is 35.5. The Morgan fingerprint density at radius 1 is 1.05 bits per heavy atom. The third kappa shape index (κ3) is 3.89. The Hall–Kier alpha value is -1.80. The van der Waals surface area contributed by atoms with Crippen molar-refractivity contribution >= 4 is 17.5 Å². The lowest BCUT2D eigenvalue weighted by Gasteiger charge is -2.07. The molecule has 1 aliphatic rings. The highest BCUT2D eigenvalue weighted by molar-refractivity contribution is 6.30. The molecule has 3 heteroatoms. The highest BCUT2D eigenvalue weighted by Crippen LogP contribution is 2.22. The van der Waals surface area contributed by atoms with Gasteiger partial charge in [-0.3, -0.25) is 4.79 Å². The number of nitrogens with one attached hydrogen (secondary N) is 1. The molecule has 3 rings (SSSR count). The van der Waals surface area contributed by atoms with Crippen LogP contribution in [0.15, 0.2) is 42.5 Å². The Morgan fingerprint density at radius 2 is 1.91 bits per heavy atom. The van der Waals surface area contributed by atoms with Gasteiger partial charge in [-0.15, -0.1) is 0 Å². The van der Waals surface area contributed by atoms with Crippen molar-refractivity contribution in [3.63, 3.8) is 0 Å². The van der Waals surface area contributed by atoms with Crippen molar-refractivity contribution < 1.29 is 4.79 Å². The first kappa shape index (κ1) is 15.1. The predicted molar refractivity (Wildman–Crippen MR) is 90.3 cm³/mol. The number of carbonyl (C=O) groups excluding carboxylic acids is 1. The van der Waals surface area contributed by atoms with Crippen LogP contribution in [-0.2, 0) is 30.5 Å². The second-order valence-electron chi connectivity index (χ2n) is 5.86. The van der Waals surface area contributed by atoms with Gasteiger partial charge >= 0.3 is 0 Å². The molecule has 1 N–H and O–H groups in total. The molecule has 2 aromatic carbocycles. The van der Waals surface area contributed by atoms with Crippen LogP contribution in [0, 0.1) is 0 Å². The van der Waals surface area contributed by atoms with Crippen LogP contribution in [0.3, 0.4) is 0 Å². The monoisotopic (exact) mass is 313 g/mol.